The lowest BCUT2D eigenvalue weighted by Crippen LogP contribution is -2.12. The van der Waals surface area contributed by atoms with Crippen molar-refractivity contribution in [3.8, 4) is 0 Å². The summed E-state index contributed by atoms with van der Waals surface area (Å²) in [7, 11) is 0. The number of hydrogen-bond donors (Lipinski definition) is 1. The molecule has 1 N–H and O–H groups in total. The zero-order valence-electron chi connectivity index (χ0n) is 10.2. The average molecular weight is 233 g/mol. The molecule has 3 aromatic carbocycles. The first-order chi connectivity index (χ1) is 8.95. The number of hydrogen-bond acceptors (Lipinski definition) is 1. The highest BCUT2D eigenvalue weighted by molar-refractivity contribution is 6.15. The van der Waals surface area contributed by atoms with E-state index >= 15 is 0 Å². The van der Waals surface area contributed by atoms with Crippen LogP contribution in [0.25, 0.3) is 21.5 Å². The molecule has 1 aliphatic rings. The summed E-state index contributed by atoms with van der Waals surface area (Å²) in [5.74, 6) is 0. The second kappa shape index (κ2) is 3.74. The maximum atomic E-state index is 3.60. The van der Waals surface area contributed by atoms with Gasteiger partial charge in [-0.2, -0.15) is 0 Å². The summed E-state index contributed by atoms with van der Waals surface area (Å²) in [5.41, 5.74) is 2.85. The SMILES string of the molecule is c1ccc2c(c1)c1c(c3ccccc32)NCCC1. The molecule has 3 aromatic rings. The maximum absolute atomic E-state index is 3.60. The van der Waals surface area contributed by atoms with Crippen LogP contribution in [0.1, 0.15) is 12.0 Å². The van der Waals surface area contributed by atoms with Crippen molar-refractivity contribution in [2.45, 2.75) is 12.8 Å². The lowest BCUT2D eigenvalue weighted by molar-refractivity contribution is 0.839. The lowest BCUT2D eigenvalue weighted by atomic mass is 9.91. The Labute approximate surface area is 106 Å². The Morgan fingerprint density at radius 3 is 2.11 bits per heavy atom. The Balaban J connectivity index is 2.28. The minimum Gasteiger partial charge on any atom is -0.384 e. The molecule has 1 heteroatoms. The van der Waals surface area contributed by atoms with E-state index in [2.05, 4.69) is 53.8 Å². The third kappa shape index (κ3) is 1.28. The Morgan fingerprint density at radius 2 is 1.33 bits per heavy atom. The number of aryl methyl sites for hydroxylation is 1. The fraction of sp³-hybridized carbons (Fsp3) is 0.176. The largest absolute Gasteiger partial charge is 0.384 e. The Hall–Kier alpha value is -2.02. The molecule has 0 amide bonds. The normalized spacial score (nSPS) is 14.4. The molecule has 0 unspecified atom stereocenters. The van der Waals surface area contributed by atoms with E-state index in [1.165, 1.54) is 45.6 Å². The predicted molar refractivity (Wildman–Crippen MR) is 78.3 cm³/mol. The van der Waals surface area contributed by atoms with Crippen LogP contribution in [0.4, 0.5) is 5.69 Å². The Bertz CT molecular complexity index is 678. The summed E-state index contributed by atoms with van der Waals surface area (Å²) in [4.78, 5) is 0. The second-order valence-electron chi connectivity index (χ2n) is 4.98. The monoisotopic (exact) mass is 233 g/mol. The molecule has 0 aliphatic carbocycles. The van der Waals surface area contributed by atoms with Gasteiger partial charge >= 0.3 is 0 Å². The topological polar surface area (TPSA) is 12.0 Å². The van der Waals surface area contributed by atoms with Gasteiger partial charge < -0.3 is 5.32 Å². The van der Waals surface area contributed by atoms with Crippen LogP contribution in [0.3, 0.4) is 0 Å². The van der Waals surface area contributed by atoms with Crippen molar-refractivity contribution in [2.24, 2.45) is 0 Å². The highest BCUT2D eigenvalue weighted by Crippen LogP contribution is 2.38. The van der Waals surface area contributed by atoms with Crippen molar-refractivity contribution in [2.75, 3.05) is 11.9 Å². The first kappa shape index (κ1) is 9.95. The van der Waals surface area contributed by atoms with Gasteiger partial charge in [-0.25, -0.2) is 0 Å². The van der Waals surface area contributed by atoms with E-state index in [9.17, 15) is 0 Å². The van der Waals surface area contributed by atoms with Crippen molar-refractivity contribution in [3.05, 3.63) is 54.1 Å². The zero-order valence-corrected chi connectivity index (χ0v) is 10.2. The smallest absolute Gasteiger partial charge is 0.0458 e. The van der Waals surface area contributed by atoms with E-state index in [1.807, 2.05) is 0 Å². The molecule has 1 nitrogen and oxygen atoms in total. The zero-order chi connectivity index (χ0) is 11.9. The molecule has 0 fully saturated rings. The second-order valence-corrected chi connectivity index (χ2v) is 4.98. The van der Waals surface area contributed by atoms with Crippen LogP contribution in [-0.4, -0.2) is 6.54 Å². The number of rotatable bonds is 0. The van der Waals surface area contributed by atoms with Crippen LogP contribution in [0.5, 0.6) is 0 Å². The fourth-order valence-electron chi connectivity index (χ4n) is 3.15. The van der Waals surface area contributed by atoms with E-state index in [0.29, 0.717) is 0 Å². The van der Waals surface area contributed by atoms with E-state index in [-0.39, 0.29) is 0 Å². The van der Waals surface area contributed by atoms with Crippen LogP contribution in [0, 0.1) is 0 Å². The summed E-state index contributed by atoms with van der Waals surface area (Å²) in [6, 6.07) is 17.5. The molecule has 0 radical (unpaired) electrons. The molecule has 0 spiro atoms. The molecular weight excluding hydrogens is 218 g/mol. The number of anilines is 1. The van der Waals surface area contributed by atoms with Gasteiger partial charge in [0.1, 0.15) is 0 Å². The van der Waals surface area contributed by atoms with Gasteiger partial charge in [-0.15, -0.1) is 0 Å². The van der Waals surface area contributed by atoms with Crippen molar-refractivity contribution in [3.63, 3.8) is 0 Å². The van der Waals surface area contributed by atoms with E-state index in [0.717, 1.165) is 6.54 Å². The molecule has 0 bridgehead atoms. The Kier molecular flexibility index (Phi) is 2.07. The highest BCUT2D eigenvalue weighted by atomic mass is 14.9. The fourth-order valence-corrected chi connectivity index (χ4v) is 3.15. The van der Waals surface area contributed by atoms with Crippen LogP contribution >= 0.6 is 0 Å². The highest BCUT2D eigenvalue weighted by Gasteiger charge is 2.16. The van der Waals surface area contributed by atoms with Gasteiger partial charge in [0.25, 0.3) is 0 Å². The van der Waals surface area contributed by atoms with Crippen LogP contribution < -0.4 is 5.32 Å². The summed E-state index contributed by atoms with van der Waals surface area (Å²) in [6.07, 6.45) is 2.42. The van der Waals surface area contributed by atoms with Crippen molar-refractivity contribution in [1.82, 2.24) is 0 Å². The van der Waals surface area contributed by atoms with Crippen molar-refractivity contribution >= 4 is 27.2 Å². The van der Waals surface area contributed by atoms with Gasteiger partial charge in [0.05, 0.1) is 0 Å². The molecule has 0 saturated carbocycles. The summed E-state index contributed by atoms with van der Waals surface area (Å²) >= 11 is 0. The van der Waals surface area contributed by atoms with E-state index in [1.54, 1.807) is 0 Å². The molecular formula is C17H15N. The summed E-state index contributed by atoms with van der Waals surface area (Å²) < 4.78 is 0. The van der Waals surface area contributed by atoms with Crippen LogP contribution in [-0.2, 0) is 6.42 Å². The third-order valence-electron chi connectivity index (χ3n) is 3.95. The Morgan fingerprint density at radius 1 is 0.722 bits per heavy atom. The molecule has 0 saturated heterocycles. The first-order valence-electron chi connectivity index (χ1n) is 6.61. The number of nitrogens with one attached hydrogen (secondary N) is 1. The minimum absolute atomic E-state index is 1.09. The minimum atomic E-state index is 1.09. The molecule has 18 heavy (non-hydrogen) atoms. The van der Waals surface area contributed by atoms with Gasteiger partial charge in [-0.1, -0.05) is 48.5 Å². The van der Waals surface area contributed by atoms with Crippen LogP contribution in [0.15, 0.2) is 48.5 Å². The van der Waals surface area contributed by atoms with Crippen molar-refractivity contribution in [1.29, 1.82) is 0 Å². The third-order valence-corrected chi connectivity index (χ3v) is 3.95. The molecule has 1 heterocycles. The van der Waals surface area contributed by atoms with E-state index < -0.39 is 0 Å². The molecule has 88 valence electrons. The standard InChI is InChI=1S/C17H15N/c1-2-7-14-12(6-1)13-8-3-4-9-15(13)17-16(14)10-5-11-18-17/h1-4,6-9,18H,5,10-11H2. The predicted octanol–water partition coefficient (Wildman–Crippen LogP) is 4.35. The van der Waals surface area contributed by atoms with Crippen molar-refractivity contribution < 1.29 is 0 Å². The molecule has 4 rings (SSSR count). The quantitative estimate of drug-likeness (QED) is 0.569. The first-order valence-corrected chi connectivity index (χ1v) is 6.61. The van der Waals surface area contributed by atoms with E-state index in [4.69, 9.17) is 0 Å². The lowest BCUT2D eigenvalue weighted by Gasteiger charge is -2.22. The van der Waals surface area contributed by atoms with Gasteiger partial charge in [0.2, 0.25) is 0 Å². The average Bonchev–Trinajstić information content (AvgIpc) is 2.48. The number of benzene rings is 3. The van der Waals surface area contributed by atoms with Gasteiger partial charge in [-0.05, 0) is 34.6 Å². The van der Waals surface area contributed by atoms with Gasteiger partial charge in [-0.3, -0.25) is 0 Å². The summed E-state index contributed by atoms with van der Waals surface area (Å²) in [6.45, 7) is 1.09. The van der Waals surface area contributed by atoms with Gasteiger partial charge in [0, 0.05) is 17.6 Å². The molecule has 1 aliphatic heterocycles. The van der Waals surface area contributed by atoms with Crippen LogP contribution in [0.2, 0.25) is 0 Å². The maximum Gasteiger partial charge on any atom is 0.0458 e. The summed E-state index contributed by atoms with van der Waals surface area (Å²) in [5, 5.41) is 9.13. The molecule has 0 atom stereocenters. The molecule has 0 aromatic heterocycles. The number of fused-ring (bicyclic) bond motifs is 6. The van der Waals surface area contributed by atoms with Gasteiger partial charge in [0.15, 0.2) is 0 Å².